The van der Waals surface area contributed by atoms with Crippen molar-refractivity contribution < 1.29 is 23.8 Å². The minimum atomic E-state index is -0.656. The molecular formula is C40H35N3O5S. The Bertz CT molecular complexity index is 1910. The van der Waals surface area contributed by atoms with Crippen molar-refractivity contribution in [3.8, 4) is 22.6 Å². The van der Waals surface area contributed by atoms with Crippen molar-refractivity contribution in [3.63, 3.8) is 0 Å². The summed E-state index contributed by atoms with van der Waals surface area (Å²) >= 11 is 1.52. The monoisotopic (exact) mass is 669 g/mol. The Morgan fingerprint density at radius 3 is 2.18 bits per heavy atom. The summed E-state index contributed by atoms with van der Waals surface area (Å²) in [4.78, 5) is 21.6. The largest absolute Gasteiger partial charge is 0.431 e. The van der Waals surface area contributed by atoms with Gasteiger partial charge in [0.15, 0.2) is 12.1 Å². The van der Waals surface area contributed by atoms with Gasteiger partial charge in [-0.05, 0) is 35.4 Å². The van der Waals surface area contributed by atoms with Gasteiger partial charge in [0, 0.05) is 46.4 Å². The van der Waals surface area contributed by atoms with Crippen LogP contribution in [0.25, 0.3) is 22.6 Å². The molecule has 49 heavy (non-hydrogen) atoms. The molecule has 2 N–H and O–H groups in total. The lowest BCUT2D eigenvalue weighted by molar-refractivity contribution is -0.268. The van der Waals surface area contributed by atoms with Crippen LogP contribution in [0.1, 0.15) is 46.4 Å². The van der Waals surface area contributed by atoms with Crippen LogP contribution in [0.2, 0.25) is 0 Å². The summed E-state index contributed by atoms with van der Waals surface area (Å²) in [6, 6.07) is 38.9. The fraction of sp³-hybridized carbons (Fsp3) is 0.175. The molecule has 4 atom stereocenters. The van der Waals surface area contributed by atoms with E-state index in [-0.39, 0.29) is 30.6 Å². The number of aliphatic hydroxyl groups excluding tert-OH is 1. The van der Waals surface area contributed by atoms with Crippen LogP contribution in [-0.4, -0.2) is 32.8 Å². The number of hydrogen-bond acceptors (Lipinski definition) is 8. The summed E-state index contributed by atoms with van der Waals surface area (Å²) in [6.45, 7) is 2.10. The molecule has 246 valence electrons. The molecule has 9 heteroatoms. The normalized spacial score (nSPS) is 19.0. The number of carbonyl (C=O) groups is 1. The second-order valence-corrected chi connectivity index (χ2v) is 12.8. The standard InChI is InChI=1S/C40H35N3O5S/c1-26-34(25-49-40-43-35(28-9-4-2-5-10-28)37(48-40)29-11-6-3-7-12-29)46-39(47-36(26)30-16-14-27(24-44)15-17-30)31-18-20-33(21-19-31)42-38(45)32-13-8-22-41-23-32/h2-23,26,34,36,39,44H,24-25H2,1H3,(H,42,45)/t26-,34+,36+,39+/m1/s1. The summed E-state index contributed by atoms with van der Waals surface area (Å²) in [5, 5.41) is 13.1. The maximum atomic E-state index is 12.7. The molecule has 1 amide bonds. The van der Waals surface area contributed by atoms with Crippen LogP contribution in [0, 0.1) is 5.92 Å². The van der Waals surface area contributed by atoms with Gasteiger partial charge in [-0.25, -0.2) is 4.98 Å². The zero-order valence-electron chi connectivity index (χ0n) is 26.8. The second-order valence-electron chi connectivity index (χ2n) is 11.8. The van der Waals surface area contributed by atoms with Crippen molar-refractivity contribution in [1.82, 2.24) is 9.97 Å². The third kappa shape index (κ3) is 7.50. The Kier molecular flexibility index (Phi) is 9.95. The minimum absolute atomic E-state index is 0.0149. The number of carbonyl (C=O) groups excluding carboxylic acids is 1. The van der Waals surface area contributed by atoms with Gasteiger partial charge in [-0.3, -0.25) is 9.78 Å². The third-order valence-corrected chi connectivity index (χ3v) is 9.47. The predicted octanol–water partition coefficient (Wildman–Crippen LogP) is 8.73. The van der Waals surface area contributed by atoms with Gasteiger partial charge in [-0.15, -0.1) is 0 Å². The van der Waals surface area contributed by atoms with E-state index in [1.165, 1.54) is 18.0 Å². The molecule has 7 rings (SSSR count). The van der Waals surface area contributed by atoms with E-state index in [0.29, 0.717) is 22.2 Å². The molecule has 4 aromatic carbocycles. The number of oxazole rings is 1. The maximum Gasteiger partial charge on any atom is 0.257 e. The first kappa shape index (κ1) is 32.5. The molecule has 8 nitrogen and oxygen atoms in total. The van der Waals surface area contributed by atoms with E-state index in [1.54, 1.807) is 18.3 Å². The van der Waals surface area contributed by atoms with Crippen LogP contribution in [0.4, 0.5) is 5.69 Å². The highest BCUT2D eigenvalue weighted by Gasteiger charge is 2.38. The Balaban J connectivity index is 1.13. The van der Waals surface area contributed by atoms with Gasteiger partial charge >= 0.3 is 0 Å². The van der Waals surface area contributed by atoms with Gasteiger partial charge in [0.2, 0.25) is 0 Å². The number of thioether (sulfide) groups is 1. The number of aliphatic hydroxyl groups is 1. The molecule has 1 fully saturated rings. The Hall–Kier alpha value is -5.06. The maximum absolute atomic E-state index is 12.7. The summed E-state index contributed by atoms with van der Waals surface area (Å²) in [5.41, 5.74) is 6.54. The molecule has 0 bridgehead atoms. The molecule has 0 aliphatic carbocycles. The molecule has 2 aromatic heterocycles. The number of hydrogen-bond donors (Lipinski definition) is 2. The highest BCUT2D eigenvalue weighted by Crippen LogP contribution is 2.44. The molecule has 6 aromatic rings. The van der Waals surface area contributed by atoms with E-state index < -0.39 is 6.29 Å². The zero-order valence-corrected chi connectivity index (χ0v) is 27.6. The van der Waals surface area contributed by atoms with Crippen LogP contribution in [-0.2, 0) is 16.1 Å². The lowest BCUT2D eigenvalue weighted by atomic mass is 9.91. The number of aromatic nitrogens is 2. The topological polar surface area (TPSA) is 107 Å². The van der Waals surface area contributed by atoms with Crippen LogP contribution < -0.4 is 5.32 Å². The number of ether oxygens (including phenoxy) is 2. The first-order chi connectivity index (χ1) is 24.1. The number of pyridine rings is 1. The molecule has 1 aliphatic heterocycles. The van der Waals surface area contributed by atoms with Gasteiger partial charge < -0.3 is 24.3 Å². The Morgan fingerprint density at radius 1 is 0.816 bits per heavy atom. The first-order valence-corrected chi connectivity index (χ1v) is 17.1. The zero-order chi connectivity index (χ0) is 33.6. The van der Waals surface area contributed by atoms with E-state index in [0.717, 1.165) is 39.3 Å². The summed E-state index contributed by atoms with van der Waals surface area (Å²) in [7, 11) is 0. The van der Waals surface area contributed by atoms with Crippen molar-refractivity contribution >= 4 is 23.4 Å². The van der Waals surface area contributed by atoms with E-state index in [2.05, 4.69) is 17.2 Å². The lowest BCUT2D eigenvalue weighted by Gasteiger charge is -2.41. The van der Waals surface area contributed by atoms with Gasteiger partial charge in [0.25, 0.3) is 11.1 Å². The van der Waals surface area contributed by atoms with Crippen LogP contribution >= 0.6 is 11.8 Å². The quantitative estimate of drug-likeness (QED) is 0.140. The number of nitrogens with one attached hydrogen (secondary N) is 1. The fourth-order valence-electron chi connectivity index (χ4n) is 5.83. The molecule has 1 saturated heterocycles. The number of rotatable bonds is 10. The molecule has 0 spiro atoms. The van der Waals surface area contributed by atoms with Crippen LogP contribution in [0.3, 0.4) is 0 Å². The highest BCUT2D eigenvalue weighted by atomic mass is 32.2. The van der Waals surface area contributed by atoms with Gasteiger partial charge in [0.1, 0.15) is 5.69 Å². The SMILES string of the molecule is C[C@@H]1[C@H](CSc2nc(-c3ccccc3)c(-c3ccccc3)o2)O[C@H](c2ccc(NC(=O)c3cccnc3)cc2)O[C@@H]1c1ccc(CO)cc1. The molecule has 3 heterocycles. The van der Waals surface area contributed by atoms with Gasteiger partial charge in [0.05, 0.1) is 24.4 Å². The molecular weight excluding hydrogens is 635 g/mol. The third-order valence-electron chi connectivity index (χ3n) is 8.55. The Labute approximate surface area is 289 Å². The minimum Gasteiger partial charge on any atom is -0.431 e. The Morgan fingerprint density at radius 2 is 1.51 bits per heavy atom. The van der Waals surface area contributed by atoms with Gasteiger partial charge in [-0.2, -0.15) is 0 Å². The van der Waals surface area contributed by atoms with Crippen molar-refractivity contribution in [1.29, 1.82) is 0 Å². The van der Waals surface area contributed by atoms with Crippen molar-refractivity contribution in [2.45, 2.75) is 37.3 Å². The fourth-order valence-corrected chi connectivity index (χ4v) is 6.81. The summed E-state index contributed by atoms with van der Waals surface area (Å²) in [5.74, 6) is 1.05. The molecule has 0 saturated carbocycles. The lowest BCUT2D eigenvalue weighted by Crippen LogP contribution is -2.38. The average Bonchev–Trinajstić information content (AvgIpc) is 3.60. The average molecular weight is 670 g/mol. The molecule has 1 aliphatic rings. The molecule has 0 unspecified atom stereocenters. The van der Waals surface area contributed by atoms with E-state index >= 15 is 0 Å². The highest BCUT2D eigenvalue weighted by molar-refractivity contribution is 7.99. The molecule has 0 radical (unpaired) electrons. The number of benzene rings is 4. The van der Waals surface area contributed by atoms with Crippen LogP contribution in [0.15, 0.2) is 143 Å². The van der Waals surface area contributed by atoms with Crippen molar-refractivity contribution in [2.24, 2.45) is 5.92 Å². The predicted molar refractivity (Wildman–Crippen MR) is 190 cm³/mol. The number of amides is 1. The second kappa shape index (κ2) is 15.0. The number of anilines is 1. The summed E-state index contributed by atoms with van der Waals surface area (Å²) in [6.07, 6.45) is 2.01. The van der Waals surface area contributed by atoms with Crippen LogP contribution in [0.5, 0.6) is 0 Å². The smallest absolute Gasteiger partial charge is 0.257 e. The van der Waals surface area contributed by atoms with Crippen molar-refractivity contribution in [2.75, 3.05) is 11.1 Å². The summed E-state index contributed by atoms with van der Waals surface area (Å²) < 4.78 is 19.7. The number of nitrogens with zero attached hydrogens (tertiary/aromatic N) is 2. The van der Waals surface area contributed by atoms with E-state index in [9.17, 15) is 9.90 Å². The van der Waals surface area contributed by atoms with E-state index in [1.807, 2.05) is 109 Å². The first-order valence-electron chi connectivity index (χ1n) is 16.1. The van der Waals surface area contributed by atoms with Crippen molar-refractivity contribution in [3.05, 3.63) is 156 Å². The van der Waals surface area contributed by atoms with Gasteiger partial charge in [-0.1, -0.05) is 116 Å². The van der Waals surface area contributed by atoms with E-state index in [4.69, 9.17) is 18.9 Å².